The van der Waals surface area contributed by atoms with E-state index in [9.17, 15) is 22.8 Å². The molecule has 0 aromatic heterocycles. The van der Waals surface area contributed by atoms with Gasteiger partial charge < -0.3 is 15.2 Å². The molecule has 2 rings (SSSR count). The smallest absolute Gasteiger partial charge is 0.389 e. The SMILES string of the molecule is Cc1cc(OC(CCCC(F)(F)F)c2ccc(C(=O)NCCC(=O)O)cc2)cc(C)c1Br. The molecule has 0 radical (unpaired) electrons. The fourth-order valence-electron chi connectivity index (χ4n) is 3.15. The van der Waals surface area contributed by atoms with Gasteiger partial charge in [-0.3, -0.25) is 9.59 Å². The summed E-state index contributed by atoms with van der Waals surface area (Å²) in [6.45, 7) is 3.81. The van der Waals surface area contributed by atoms with E-state index in [2.05, 4.69) is 21.2 Å². The molecule has 0 heterocycles. The zero-order chi connectivity index (χ0) is 23.9. The number of rotatable bonds is 10. The van der Waals surface area contributed by atoms with Crippen LogP contribution in [0.5, 0.6) is 5.75 Å². The van der Waals surface area contributed by atoms with Gasteiger partial charge in [0.25, 0.3) is 5.91 Å². The van der Waals surface area contributed by atoms with Crippen LogP contribution in [0.1, 0.15) is 58.8 Å². The Labute approximate surface area is 193 Å². The van der Waals surface area contributed by atoms with Crippen molar-refractivity contribution >= 4 is 27.8 Å². The molecule has 2 aromatic carbocycles. The van der Waals surface area contributed by atoms with Crippen molar-refractivity contribution in [1.29, 1.82) is 0 Å². The van der Waals surface area contributed by atoms with Crippen LogP contribution in [0.25, 0.3) is 0 Å². The summed E-state index contributed by atoms with van der Waals surface area (Å²) in [5.41, 5.74) is 2.86. The molecule has 0 aliphatic rings. The van der Waals surface area contributed by atoms with Gasteiger partial charge in [-0.1, -0.05) is 28.1 Å². The second kappa shape index (κ2) is 11.4. The lowest BCUT2D eigenvalue weighted by atomic mass is 10.0. The number of amides is 1. The monoisotopic (exact) mass is 515 g/mol. The number of benzene rings is 2. The van der Waals surface area contributed by atoms with E-state index in [1.807, 2.05) is 26.0 Å². The lowest BCUT2D eigenvalue weighted by Crippen LogP contribution is -2.26. The van der Waals surface area contributed by atoms with Gasteiger partial charge in [-0.25, -0.2) is 0 Å². The highest BCUT2D eigenvalue weighted by atomic mass is 79.9. The summed E-state index contributed by atoms with van der Waals surface area (Å²) in [5, 5.41) is 11.2. The molecule has 2 N–H and O–H groups in total. The van der Waals surface area contributed by atoms with Crippen LogP contribution >= 0.6 is 15.9 Å². The first-order valence-corrected chi connectivity index (χ1v) is 10.9. The summed E-state index contributed by atoms with van der Waals surface area (Å²) in [4.78, 5) is 22.7. The number of aliphatic carboxylic acids is 1. The maximum Gasteiger partial charge on any atom is 0.389 e. The van der Waals surface area contributed by atoms with E-state index in [0.717, 1.165) is 15.6 Å². The van der Waals surface area contributed by atoms with Crippen LogP contribution in [0.15, 0.2) is 40.9 Å². The molecule has 174 valence electrons. The van der Waals surface area contributed by atoms with Crippen LogP contribution in [0.3, 0.4) is 0 Å². The molecule has 2 aromatic rings. The zero-order valence-electron chi connectivity index (χ0n) is 17.8. The lowest BCUT2D eigenvalue weighted by molar-refractivity contribution is -0.137. The largest absolute Gasteiger partial charge is 0.486 e. The van der Waals surface area contributed by atoms with Gasteiger partial charge in [-0.15, -0.1) is 0 Å². The number of hydrogen-bond acceptors (Lipinski definition) is 3. The number of alkyl halides is 3. The van der Waals surface area contributed by atoms with Gasteiger partial charge in [0, 0.05) is 23.0 Å². The topological polar surface area (TPSA) is 75.6 Å². The van der Waals surface area contributed by atoms with Gasteiger partial charge in [-0.05, 0) is 67.6 Å². The molecule has 0 aliphatic carbocycles. The molecule has 9 heteroatoms. The second-order valence-corrected chi connectivity index (χ2v) is 8.30. The van der Waals surface area contributed by atoms with Crippen LogP contribution < -0.4 is 10.1 Å². The first-order chi connectivity index (χ1) is 15.0. The average molecular weight is 516 g/mol. The molecule has 5 nitrogen and oxygen atoms in total. The number of carbonyl (C=O) groups is 2. The number of ether oxygens (including phenoxy) is 1. The number of carboxylic acid groups (broad SMARTS) is 1. The van der Waals surface area contributed by atoms with Crippen LogP contribution in [-0.2, 0) is 4.79 Å². The summed E-state index contributed by atoms with van der Waals surface area (Å²) in [5.74, 6) is -0.889. The molecular weight excluding hydrogens is 491 g/mol. The van der Waals surface area contributed by atoms with E-state index in [-0.39, 0.29) is 25.8 Å². The number of hydrogen-bond donors (Lipinski definition) is 2. The molecule has 1 unspecified atom stereocenters. The van der Waals surface area contributed by atoms with E-state index < -0.39 is 30.6 Å². The van der Waals surface area contributed by atoms with Crippen molar-refractivity contribution in [2.24, 2.45) is 0 Å². The Kier molecular flexibility index (Phi) is 9.12. The maximum absolute atomic E-state index is 12.7. The summed E-state index contributed by atoms with van der Waals surface area (Å²) in [6, 6.07) is 10.0. The van der Waals surface area contributed by atoms with Gasteiger partial charge in [0.05, 0.1) is 6.42 Å². The summed E-state index contributed by atoms with van der Waals surface area (Å²) < 4.78 is 45.0. The molecule has 32 heavy (non-hydrogen) atoms. The van der Waals surface area contributed by atoms with Gasteiger partial charge in [-0.2, -0.15) is 13.2 Å². The first-order valence-electron chi connectivity index (χ1n) is 10.1. The number of nitrogens with one attached hydrogen (secondary N) is 1. The van der Waals surface area contributed by atoms with E-state index in [0.29, 0.717) is 16.9 Å². The third-order valence-electron chi connectivity index (χ3n) is 4.78. The highest BCUT2D eigenvalue weighted by Crippen LogP contribution is 2.33. The van der Waals surface area contributed by atoms with Crippen molar-refractivity contribution in [3.05, 3.63) is 63.1 Å². The van der Waals surface area contributed by atoms with Crippen molar-refractivity contribution in [2.45, 2.75) is 51.8 Å². The number of carboxylic acids is 1. The lowest BCUT2D eigenvalue weighted by Gasteiger charge is -2.21. The molecule has 1 amide bonds. The Bertz CT molecular complexity index is 922. The summed E-state index contributed by atoms with van der Waals surface area (Å²) in [6.07, 6.45) is -5.91. The van der Waals surface area contributed by atoms with Crippen molar-refractivity contribution in [3.8, 4) is 5.75 Å². The van der Waals surface area contributed by atoms with Gasteiger partial charge in [0.2, 0.25) is 0 Å². The average Bonchev–Trinajstić information content (AvgIpc) is 2.70. The fraction of sp³-hybridized carbons (Fsp3) is 0.391. The van der Waals surface area contributed by atoms with Gasteiger partial charge >= 0.3 is 12.1 Å². The molecule has 0 bridgehead atoms. The molecule has 1 atom stereocenters. The van der Waals surface area contributed by atoms with Crippen LogP contribution in [0.2, 0.25) is 0 Å². The Balaban J connectivity index is 2.17. The molecule has 0 fully saturated rings. The number of halogens is 4. The Morgan fingerprint density at radius 2 is 1.72 bits per heavy atom. The second-order valence-electron chi connectivity index (χ2n) is 7.51. The minimum Gasteiger partial charge on any atom is -0.486 e. The van der Waals surface area contributed by atoms with E-state index in [1.54, 1.807) is 24.3 Å². The first kappa shape index (κ1) is 25.7. The Hall–Kier alpha value is -2.55. The molecule has 0 aliphatic heterocycles. The third-order valence-corrected chi connectivity index (χ3v) is 6.03. The quantitative estimate of drug-likeness (QED) is 0.399. The molecule has 0 saturated carbocycles. The number of aryl methyl sites for hydroxylation is 2. The Morgan fingerprint density at radius 1 is 1.12 bits per heavy atom. The van der Waals surface area contributed by atoms with Crippen LogP contribution in [0, 0.1) is 13.8 Å². The predicted octanol–water partition coefficient (Wildman–Crippen LogP) is 6.12. The molecule has 0 spiro atoms. The molecular formula is C23H25BrF3NO4. The zero-order valence-corrected chi connectivity index (χ0v) is 19.3. The van der Waals surface area contributed by atoms with Gasteiger partial charge in [0.1, 0.15) is 11.9 Å². The van der Waals surface area contributed by atoms with Crippen molar-refractivity contribution in [3.63, 3.8) is 0 Å². The Morgan fingerprint density at radius 3 is 2.25 bits per heavy atom. The number of carbonyl (C=O) groups excluding carboxylic acids is 1. The van der Waals surface area contributed by atoms with Crippen molar-refractivity contribution < 1.29 is 32.6 Å². The fourth-order valence-corrected chi connectivity index (χ4v) is 3.38. The standard InChI is InChI=1S/C23H25BrF3NO4/c1-14-12-18(13-15(2)21(14)24)32-19(4-3-10-23(25,26)27)16-5-7-17(8-6-16)22(31)28-11-9-20(29)30/h5-8,12-13,19H,3-4,9-11H2,1-2H3,(H,28,31)(H,29,30). The molecule has 0 saturated heterocycles. The van der Waals surface area contributed by atoms with Crippen LogP contribution in [-0.4, -0.2) is 29.7 Å². The third kappa shape index (κ3) is 8.18. The minimum atomic E-state index is -4.24. The van der Waals surface area contributed by atoms with E-state index >= 15 is 0 Å². The normalized spacial score (nSPS) is 12.3. The maximum atomic E-state index is 12.7. The summed E-state index contributed by atoms with van der Waals surface area (Å²) >= 11 is 3.48. The predicted molar refractivity (Wildman–Crippen MR) is 118 cm³/mol. The highest BCUT2D eigenvalue weighted by Gasteiger charge is 2.27. The van der Waals surface area contributed by atoms with E-state index in [4.69, 9.17) is 9.84 Å². The van der Waals surface area contributed by atoms with Crippen LogP contribution in [0.4, 0.5) is 13.2 Å². The van der Waals surface area contributed by atoms with Gasteiger partial charge in [0.15, 0.2) is 0 Å². The van der Waals surface area contributed by atoms with E-state index in [1.165, 1.54) is 0 Å². The summed E-state index contributed by atoms with van der Waals surface area (Å²) in [7, 11) is 0. The minimum absolute atomic E-state index is 0.00135. The van der Waals surface area contributed by atoms with Crippen molar-refractivity contribution in [2.75, 3.05) is 6.54 Å². The highest BCUT2D eigenvalue weighted by molar-refractivity contribution is 9.10. The van der Waals surface area contributed by atoms with Crippen molar-refractivity contribution in [1.82, 2.24) is 5.32 Å².